The Morgan fingerprint density at radius 1 is 0.882 bits per heavy atom. The molecule has 0 aliphatic rings. The molecular weight excluding hydrogens is 452 g/mol. The molecule has 2 N–H and O–H groups in total. The number of halogens is 1. The molecule has 0 saturated carbocycles. The average Bonchev–Trinajstić information content (AvgIpc) is 2.85. The van der Waals surface area contributed by atoms with Gasteiger partial charge < -0.3 is 15.4 Å². The average molecular weight is 479 g/mol. The number of carbonyl (C=O) groups excluding carboxylic acids is 3. The fourth-order valence-electron chi connectivity index (χ4n) is 3.40. The van der Waals surface area contributed by atoms with E-state index < -0.39 is 24.0 Å². The minimum atomic E-state index is -0.959. The van der Waals surface area contributed by atoms with E-state index in [9.17, 15) is 14.4 Å². The van der Waals surface area contributed by atoms with Gasteiger partial charge in [0.05, 0.1) is 23.0 Å². The second-order valence-corrected chi connectivity index (χ2v) is 8.19. The molecule has 0 aromatic heterocycles. The lowest BCUT2D eigenvalue weighted by Crippen LogP contribution is -2.38. The van der Waals surface area contributed by atoms with E-state index in [4.69, 9.17) is 16.3 Å². The van der Waals surface area contributed by atoms with Crippen LogP contribution in [0.5, 0.6) is 0 Å². The zero-order valence-corrected chi connectivity index (χ0v) is 19.6. The summed E-state index contributed by atoms with van der Waals surface area (Å²) in [6.07, 6.45) is -0.418. The zero-order chi connectivity index (χ0) is 24.3. The highest BCUT2D eigenvalue weighted by molar-refractivity contribution is 6.33. The van der Waals surface area contributed by atoms with Crippen LogP contribution < -0.4 is 10.6 Å². The maximum atomic E-state index is 12.8. The topological polar surface area (TPSA) is 84.5 Å². The second-order valence-electron chi connectivity index (χ2n) is 7.78. The molecule has 2 amide bonds. The number of nitrogens with one attached hydrogen (secondary N) is 2. The molecule has 0 aliphatic heterocycles. The van der Waals surface area contributed by atoms with Crippen LogP contribution in [-0.2, 0) is 20.7 Å². The normalized spacial score (nSPS) is 12.3. The molecular formula is C27H27ClN2O4. The van der Waals surface area contributed by atoms with Gasteiger partial charge in [-0.15, -0.1) is 0 Å². The van der Waals surface area contributed by atoms with Crippen LogP contribution >= 0.6 is 11.6 Å². The summed E-state index contributed by atoms with van der Waals surface area (Å²) in [5.41, 5.74) is 2.15. The fraction of sp³-hybridized carbons (Fsp3) is 0.222. The van der Waals surface area contributed by atoms with E-state index in [-0.39, 0.29) is 12.3 Å². The van der Waals surface area contributed by atoms with Gasteiger partial charge in [0.15, 0.2) is 6.10 Å². The largest absolute Gasteiger partial charge is 0.452 e. The summed E-state index contributed by atoms with van der Waals surface area (Å²) in [4.78, 5) is 37.8. The third kappa shape index (κ3) is 7.46. The van der Waals surface area contributed by atoms with Gasteiger partial charge in [0, 0.05) is 6.54 Å². The Morgan fingerprint density at radius 2 is 1.50 bits per heavy atom. The summed E-state index contributed by atoms with van der Waals surface area (Å²) in [6.45, 7) is 1.96. The first-order valence-electron chi connectivity index (χ1n) is 11.1. The molecule has 34 heavy (non-hydrogen) atoms. The highest BCUT2D eigenvalue weighted by Crippen LogP contribution is 2.21. The van der Waals surface area contributed by atoms with Gasteiger partial charge in [0.1, 0.15) is 0 Å². The lowest BCUT2D eigenvalue weighted by Gasteiger charge is -2.20. The highest BCUT2D eigenvalue weighted by Gasteiger charge is 2.24. The van der Waals surface area contributed by atoms with Crippen LogP contribution in [0.4, 0.5) is 0 Å². The molecule has 0 spiro atoms. The minimum absolute atomic E-state index is 0.137. The first-order valence-corrected chi connectivity index (χ1v) is 11.4. The van der Waals surface area contributed by atoms with E-state index in [0.717, 1.165) is 11.1 Å². The van der Waals surface area contributed by atoms with Gasteiger partial charge >= 0.3 is 5.97 Å². The lowest BCUT2D eigenvalue weighted by molar-refractivity contribution is -0.155. The molecule has 6 nitrogen and oxygen atoms in total. The number of carbonyl (C=O) groups is 3. The standard InChI is InChI=1S/C27H27ClN2O4/c1-19(26(32)29-17-16-20-10-4-2-5-11-20)34-25(31)18-24(21-12-6-3-7-13-21)30-27(33)22-14-8-9-15-23(22)28/h2-15,19,24H,16-18H2,1H3,(H,29,32)(H,30,33). The molecule has 2 unspecified atom stereocenters. The Kier molecular flexibility index (Phi) is 9.23. The van der Waals surface area contributed by atoms with E-state index in [1.165, 1.54) is 6.92 Å². The van der Waals surface area contributed by atoms with Crippen LogP contribution in [0.2, 0.25) is 5.02 Å². The molecule has 0 saturated heterocycles. The third-order valence-corrected chi connectivity index (χ3v) is 5.56. The van der Waals surface area contributed by atoms with Crippen molar-refractivity contribution < 1.29 is 19.1 Å². The highest BCUT2D eigenvalue weighted by atomic mass is 35.5. The van der Waals surface area contributed by atoms with Crippen LogP contribution in [0.3, 0.4) is 0 Å². The molecule has 3 aromatic carbocycles. The SMILES string of the molecule is CC(OC(=O)CC(NC(=O)c1ccccc1Cl)c1ccccc1)C(=O)NCCc1ccccc1. The Hall–Kier alpha value is -3.64. The molecule has 0 bridgehead atoms. The number of amides is 2. The predicted octanol–water partition coefficient (Wildman–Crippen LogP) is 4.49. The Morgan fingerprint density at radius 3 is 2.18 bits per heavy atom. The first kappa shape index (κ1) is 25.0. The van der Waals surface area contributed by atoms with Gasteiger partial charge in [0.25, 0.3) is 11.8 Å². The molecule has 2 atom stereocenters. The molecule has 3 rings (SSSR count). The Labute approximate surface area is 204 Å². The van der Waals surface area contributed by atoms with Crippen molar-refractivity contribution in [2.45, 2.75) is 31.9 Å². The van der Waals surface area contributed by atoms with E-state index in [0.29, 0.717) is 23.6 Å². The maximum Gasteiger partial charge on any atom is 0.309 e. The Balaban J connectivity index is 1.57. The van der Waals surface area contributed by atoms with Gasteiger partial charge in [-0.1, -0.05) is 84.4 Å². The van der Waals surface area contributed by atoms with Crippen molar-refractivity contribution in [3.05, 3.63) is 107 Å². The van der Waals surface area contributed by atoms with Crippen LogP contribution in [0.25, 0.3) is 0 Å². The number of hydrogen-bond donors (Lipinski definition) is 2. The molecule has 0 heterocycles. The molecule has 7 heteroatoms. The van der Waals surface area contributed by atoms with Crippen molar-refractivity contribution in [2.24, 2.45) is 0 Å². The quantitative estimate of drug-likeness (QED) is 0.420. The van der Waals surface area contributed by atoms with Gasteiger partial charge in [-0.25, -0.2) is 0 Å². The zero-order valence-electron chi connectivity index (χ0n) is 18.9. The first-order chi connectivity index (χ1) is 16.4. The summed E-state index contributed by atoms with van der Waals surface area (Å²) in [6, 6.07) is 24.9. The summed E-state index contributed by atoms with van der Waals surface area (Å²) < 4.78 is 5.35. The minimum Gasteiger partial charge on any atom is -0.452 e. The number of rotatable bonds is 10. The van der Waals surface area contributed by atoms with E-state index in [1.54, 1.807) is 24.3 Å². The maximum absolute atomic E-state index is 12.8. The van der Waals surface area contributed by atoms with Crippen molar-refractivity contribution in [1.29, 1.82) is 0 Å². The van der Waals surface area contributed by atoms with Crippen molar-refractivity contribution in [3.8, 4) is 0 Å². The van der Waals surface area contributed by atoms with Crippen LogP contribution in [0.1, 0.15) is 40.9 Å². The van der Waals surface area contributed by atoms with Gasteiger partial charge in [-0.2, -0.15) is 0 Å². The van der Waals surface area contributed by atoms with Crippen molar-refractivity contribution in [2.75, 3.05) is 6.54 Å². The molecule has 3 aromatic rings. The molecule has 176 valence electrons. The second kappa shape index (κ2) is 12.6. The van der Waals surface area contributed by atoms with Crippen LogP contribution in [0.15, 0.2) is 84.9 Å². The van der Waals surface area contributed by atoms with E-state index in [1.807, 2.05) is 60.7 Å². The predicted molar refractivity (Wildman–Crippen MR) is 131 cm³/mol. The summed E-state index contributed by atoms with van der Waals surface area (Å²) >= 11 is 6.14. The summed E-state index contributed by atoms with van der Waals surface area (Å²) in [7, 11) is 0. The smallest absolute Gasteiger partial charge is 0.309 e. The van der Waals surface area contributed by atoms with Crippen LogP contribution in [0, 0.1) is 0 Å². The van der Waals surface area contributed by atoms with Gasteiger partial charge in [0.2, 0.25) is 0 Å². The van der Waals surface area contributed by atoms with E-state index >= 15 is 0 Å². The van der Waals surface area contributed by atoms with Crippen molar-refractivity contribution in [1.82, 2.24) is 10.6 Å². The van der Waals surface area contributed by atoms with E-state index in [2.05, 4.69) is 10.6 Å². The van der Waals surface area contributed by atoms with Crippen molar-refractivity contribution in [3.63, 3.8) is 0 Å². The summed E-state index contributed by atoms with van der Waals surface area (Å²) in [5, 5.41) is 5.95. The summed E-state index contributed by atoms with van der Waals surface area (Å²) in [5.74, 6) is -1.38. The molecule has 0 fully saturated rings. The van der Waals surface area contributed by atoms with Crippen molar-refractivity contribution >= 4 is 29.4 Å². The fourth-order valence-corrected chi connectivity index (χ4v) is 3.62. The number of hydrogen-bond acceptors (Lipinski definition) is 4. The number of benzene rings is 3. The number of esters is 1. The monoisotopic (exact) mass is 478 g/mol. The molecule has 0 aliphatic carbocycles. The Bertz CT molecular complexity index is 1110. The lowest BCUT2D eigenvalue weighted by atomic mass is 10.0. The molecule has 0 radical (unpaired) electrons. The third-order valence-electron chi connectivity index (χ3n) is 5.23. The van der Waals surface area contributed by atoms with Gasteiger partial charge in [-0.05, 0) is 36.6 Å². The van der Waals surface area contributed by atoms with Gasteiger partial charge in [-0.3, -0.25) is 14.4 Å². The van der Waals surface area contributed by atoms with Crippen LogP contribution in [-0.4, -0.2) is 30.4 Å². The number of ether oxygens (including phenoxy) is 1.